The van der Waals surface area contributed by atoms with Crippen molar-refractivity contribution in [2.24, 2.45) is 7.05 Å². The Bertz CT molecular complexity index is 1030. The SMILES string of the molecule is Cc1c(-n2ccnc2-c2ccccc2OC(C)C(=O)O)c(N2CCCC2)nn1C. The van der Waals surface area contributed by atoms with Gasteiger partial charge in [0.15, 0.2) is 11.9 Å². The Kier molecular flexibility index (Phi) is 5.00. The molecule has 0 spiro atoms. The molecular formula is C21H25N5O3. The Balaban J connectivity index is 1.82. The van der Waals surface area contributed by atoms with Crippen LogP contribution in [0.2, 0.25) is 0 Å². The van der Waals surface area contributed by atoms with E-state index in [4.69, 9.17) is 9.84 Å². The Morgan fingerprint density at radius 3 is 2.69 bits per heavy atom. The molecule has 0 aliphatic carbocycles. The quantitative estimate of drug-likeness (QED) is 0.691. The first kappa shape index (κ1) is 19.0. The van der Waals surface area contributed by atoms with Crippen LogP contribution in [0.5, 0.6) is 5.75 Å². The number of anilines is 1. The lowest BCUT2D eigenvalue weighted by atomic mass is 10.1. The van der Waals surface area contributed by atoms with Crippen molar-refractivity contribution in [3.05, 3.63) is 42.4 Å². The summed E-state index contributed by atoms with van der Waals surface area (Å²) in [6.45, 7) is 5.54. The number of aliphatic carboxylic acids is 1. The van der Waals surface area contributed by atoms with Gasteiger partial charge in [0.2, 0.25) is 0 Å². The fraction of sp³-hybridized carbons (Fsp3) is 0.381. The number of imidazole rings is 1. The molecule has 1 N–H and O–H groups in total. The molecule has 4 rings (SSSR count). The molecule has 1 aliphatic rings. The van der Waals surface area contributed by atoms with Crippen LogP contribution in [0, 0.1) is 6.92 Å². The predicted molar refractivity (Wildman–Crippen MR) is 110 cm³/mol. The molecule has 1 aliphatic heterocycles. The molecule has 8 nitrogen and oxygen atoms in total. The molecule has 1 aromatic carbocycles. The van der Waals surface area contributed by atoms with E-state index in [9.17, 15) is 9.90 Å². The highest BCUT2D eigenvalue weighted by molar-refractivity contribution is 5.74. The van der Waals surface area contributed by atoms with E-state index in [0.29, 0.717) is 11.6 Å². The number of carboxylic acids is 1. The summed E-state index contributed by atoms with van der Waals surface area (Å²) in [5.41, 5.74) is 2.76. The van der Waals surface area contributed by atoms with Crippen molar-refractivity contribution >= 4 is 11.8 Å². The summed E-state index contributed by atoms with van der Waals surface area (Å²) < 4.78 is 9.61. The number of hydrogen-bond acceptors (Lipinski definition) is 5. The van der Waals surface area contributed by atoms with Gasteiger partial charge in [0.05, 0.1) is 11.3 Å². The maximum Gasteiger partial charge on any atom is 0.344 e. The third kappa shape index (κ3) is 3.46. The number of hydrogen-bond donors (Lipinski definition) is 1. The topological polar surface area (TPSA) is 85.4 Å². The molecule has 2 aromatic heterocycles. The number of rotatable bonds is 6. The molecule has 0 saturated carbocycles. The Hall–Kier alpha value is -3.29. The number of aryl methyl sites for hydroxylation is 1. The van der Waals surface area contributed by atoms with E-state index in [1.165, 1.54) is 6.92 Å². The minimum atomic E-state index is -1.01. The number of nitrogens with zero attached hydrogens (tertiary/aromatic N) is 5. The van der Waals surface area contributed by atoms with Gasteiger partial charge in [-0.25, -0.2) is 9.78 Å². The zero-order valence-electron chi connectivity index (χ0n) is 16.9. The van der Waals surface area contributed by atoms with Crippen LogP contribution >= 0.6 is 0 Å². The molecular weight excluding hydrogens is 370 g/mol. The molecule has 1 fully saturated rings. The smallest absolute Gasteiger partial charge is 0.344 e. The van der Waals surface area contributed by atoms with Crippen LogP contribution in [0.1, 0.15) is 25.5 Å². The van der Waals surface area contributed by atoms with Crippen molar-refractivity contribution in [1.29, 1.82) is 0 Å². The average Bonchev–Trinajstić information content (AvgIpc) is 3.43. The normalized spacial score (nSPS) is 14.9. The maximum absolute atomic E-state index is 11.3. The first-order valence-electron chi connectivity index (χ1n) is 9.78. The molecule has 0 radical (unpaired) electrons. The largest absolute Gasteiger partial charge is 0.479 e. The fourth-order valence-corrected chi connectivity index (χ4v) is 3.68. The van der Waals surface area contributed by atoms with Crippen LogP contribution in [0.3, 0.4) is 0 Å². The minimum absolute atomic E-state index is 0.485. The summed E-state index contributed by atoms with van der Waals surface area (Å²) in [7, 11) is 1.95. The van der Waals surface area contributed by atoms with Gasteiger partial charge >= 0.3 is 5.97 Å². The number of carboxylic acid groups (broad SMARTS) is 1. The van der Waals surface area contributed by atoms with E-state index in [1.54, 1.807) is 12.3 Å². The van der Waals surface area contributed by atoms with Crippen molar-refractivity contribution < 1.29 is 14.6 Å². The van der Waals surface area contributed by atoms with E-state index in [2.05, 4.69) is 9.88 Å². The van der Waals surface area contributed by atoms with Gasteiger partial charge in [0.1, 0.15) is 17.3 Å². The molecule has 8 heteroatoms. The van der Waals surface area contributed by atoms with Gasteiger partial charge in [-0.05, 0) is 38.8 Å². The van der Waals surface area contributed by atoms with E-state index in [-0.39, 0.29) is 0 Å². The van der Waals surface area contributed by atoms with Crippen molar-refractivity contribution in [1.82, 2.24) is 19.3 Å². The van der Waals surface area contributed by atoms with E-state index in [1.807, 2.05) is 47.6 Å². The highest BCUT2D eigenvalue weighted by atomic mass is 16.5. The summed E-state index contributed by atoms with van der Waals surface area (Å²) in [4.78, 5) is 18.1. The molecule has 3 heterocycles. The zero-order chi connectivity index (χ0) is 20.5. The summed E-state index contributed by atoms with van der Waals surface area (Å²) in [5.74, 6) is 1.11. The van der Waals surface area contributed by atoms with Crippen LogP contribution in [0.15, 0.2) is 36.7 Å². The third-order valence-electron chi connectivity index (χ3n) is 5.35. The lowest BCUT2D eigenvalue weighted by molar-refractivity contribution is -0.144. The average molecular weight is 395 g/mol. The van der Waals surface area contributed by atoms with Gasteiger partial charge < -0.3 is 14.7 Å². The molecule has 3 aromatic rings. The number of benzene rings is 1. The van der Waals surface area contributed by atoms with E-state index < -0.39 is 12.1 Å². The lowest BCUT2D eigenvalue weighted by Crippen LogP contribution is -2.23. The molecule has 1 saturated heterocycles. The van der Waals surface area contributed by atoms with Crippen molar-refractivity contribution in [3.8, 4) is 22.8 Å². The molecule has 1 atom stereocenters. The second-order valence-corrected chi connectivity index (χ2v) is 7.29. The number of carbonyl (C=O) groups is 1. The molecule has 1 unspecified atom stereocenters. The van der Waals surface area contributed by atoms with Gasteiger partial charge in [-0.3, -0.25) is 9.25 Å². The first-order chi connectivity index (χ1) is 14.0. The zero-order valence-corrected chi connectivity index (χ0v) is 16.9. The van der Waals surface area contributed by atoms with Gasteiger partial charge in [-0.15, -0.1) is 0 Å². The summed E-state index contributed by atoms with van der Waals surface area (Å²) in [6.07, 6.45) is 5.02. The first-order valence-corrected chi connectivity index (χ1v) is 9.78. The highest BCUT2D eigenvalue weighted by Gasteiger charge is 2.25. The van der Waals surface area contributed by atoms with Gasteiger partial charge in [0.25, 0.3) is 0 Å². The number of para-hydroxylation sites is 1. The Morgan fingerprint density at radius 1 is 1.24 bits per heavy atom. The van der Waals surface area contributed by atoms with Crippen molar-refractivity contribution in [2.75, 3.05) is 18.0 Å². The monoisotopic (exact) mass is 395 g/mol. The van der Waals surface area contributed by atoms with Gasteiger partial charge in [-0.1, -0.05) is 12.1 Å². The molecule has 29 heavy (non-hydrogen) atoms. The summed E-state index contributed by atoms with van der Waals surface area (Å²) in [6, 6.07) is 7.38. The van der Waals surface area contributed by atoms with Crippen LogP contribution in [-0.4, -0.2) is 49.6 Å². The van der Waals surface area contributed by atoms with Crippen LogP contribution in [0.25, 0.3) is 17.1 Å². The summed E-state index contributed by atoms with van der Waals surface area (Å²) >= 11 is 0. The van der Waals surface area contributed by atoms with Gasteiger partial charge in [0, 0.05) is 32.5 Å². The predicted octanol–water partition coefficient (Wildman–Crippen LogP) is 3.03. The van der Waals surface area contributed by atoms with Crippen LogP contribution in [0.4, 0.5) is 5.82 Å². The lowest BCUT2D eigenvalue weighted by Gasteiger charge is -2.19. The van der Waals surface area contributed by atoms with E-state index in [0.717, 1.165) is 48.7 Å². The van der Waals surface area contributed by atoms with E-state index >= 15 is 0 Å². The third-order valence-corrected chi connectivity index (χ3v) is 5.35. The van der Waals surface area contributed by atoms with Gasteiger partial charge in [-0.2, -0.15) is 5.10 Å². The van der Waals surface area contributed by atoms with Crippen molar-refractivity contribution in [2.45, 2.75) is 32.8 Å². The Labute approximate surface area is 169 Å². The van der Waals surface area contributed by atoms with Crippen LogP contribution in [-0.2, 0) is 11.8 Å². The number of ether oxygens (including phenoxy) is 1. The highest BCUT2D eigenvalue weighted by Crippen LogP contribution is 2.35. The second kappa shape index (κ2) is 7.62. The van der Waals surface area contributed by atoms with Crippen molar-refractivity contribution in [3.63, 3.8) is 0 Å². The minimum Gasteiger partial charge on any atom is -0.479 e. The van der Waals surface area contributed by atoms with Crippen LogP contribution < -0.4 is 9.64 Å². The fourth-order valence-electron chi connectivity index (χ4n) is 3.68. The maximum atomic E-state index is 11.3. The second-order valence-electron chi connectivity index (χ2n) is 7.29. The molecule has 0 bridgehead atoms. The standard InChI is InChI=1S/C21H25N5O3/c1-14-18(20(23-24(14)3)25-11-6-7-12-25)26-13-10-22-19(26)16-8-4-5-9-17(16)29-15(2)21(27)28/h4-5,8-10,13,15H,6-7,11-12H2,1-3H3,(H,27,28). The molecule has 0 amide bonds. The summed E-state index contributed by atoms with van der Waals surface area (Å²) in [5, 5.41) is 14.0. The Morgan fingerprint density at radius 2 is 1.97 bits per heavy atom. The molecule has 152 valence electrons. The number of aromatic nitrogens is 4.